The molecule has 3 heterocycles. The average Bonchev–Trinajstić information content (AvgIpc) is 3.24. The first-order valence-corrected chi connectivity index (χ1v) is 11.2. The molecule has 0 atom stereocenters. The summed E-state index contributed by atoms with van der Waals surface area (Å²) < 4.78 is 5.25. The summed E-state index contributed by atoms with van der Waals surface area (Å²) in [4.78, 5) is 14.7. The van der Waals surface area contributed by atoms with E-state index in [0.717, 1.165) is 44.2 Å². The molecule has 5 heteroatoms. The highest BCUT2D eigenvalue weighted by atomic mass is 16.5. The van der Waals surface area contributed by atoms with Crippen LogP contribution in [0.25, 0.3) is 0 Å². The van der Waals surface area contributed by atoms with E-state index in [-0.39, 0.29) is 0 Å². The predicted molar refractivity (Wildman–Crippen MR) is 123 cm³/mol. The van der Waals surface area contributed by atoms with Crippen LogP contribution < -0.4 is 9.64 Å². The summed E-state index contributed by atoms with van der Waals surface area (Å²) in [5.74, 6) is 1.78. The first kappa shape index (κ1) is 20.0. The van der Waals surface area contributed by atoms with Crippen molar-refractivity contribution in [3.05, 3.63) is 82.9 Å². The molecular weight excluding hydrogens is 384 g/mol. The van der Waals surface area contributed by atoms with Crippen molar-refractivity contribution in [1.29, 1.82) is 0 Å². The molecule has 1 aromatic heterocycles. The van der Waals surface area contributed by atoms with Crippen LogP contribution in [-0.2, 0) is 19.5 Å². The van der Waals surface area contributed by atoms with E-state index in [1.54, 1.807) is 7.11 Å². The molecule has 0 amide bonds. The van der Waals surface area contributed by atoms with Gasteiger partial charge >= 0.3 is 0 Å². The Hall–Kier alpha value is -2.92. The number of ether oxygens (including phenoxy) is 1. The molecular formula is C26H30N4O. The topological polar surface area (TPSA) is 41.5 Å². The van der Waals surface area contributed by atoms with E-state index in [1.165, 1.54) is 40.9 Å². The Bertz CT molecular complexity index is 1020. The van der Waals surface area contributed by atoms with Crippen LogP contribution in [-0.4, -0.2) is 41.1 Å². The van der Waals surface area contributed by atoms with Crippen LogP contribution in [0.2, 0.25) is 0 Å². The molecule has 2 aliphatic heterocycles. The van der Waals surface area contributed by atoms with E-state index >= 15 is 0 Å². The molecule has 0 spiro atoms. The molecule has 1 saturated heterocycles. The van der Waals surface area contributed by atoms with Crippen molar-refractivity contribution in [2.45, 2.75) is 45.3 Å². The van der Waals surface area contributed by atoms with Gasteiger partial charge in [0.05, 0.1) is 12.8 Å². The number of hydrogen-bond donors (Lipinski definition) is 0. The van der Waals surface area contributed by atoms with Crippen molar-refractivity contribution in [2.24, 2.45) is 0 Å². The number of fused-ring (bicyclic) bond motifs is 1. The Labute approximate surface area is 184 Å². The first-order valence-electron chi connectivity index (χ1n) is 11.2. The van der Waals surface area contributed by atoms with Gasteiger partial charge in [-0.05, 0) is 49.6 Å². The molecule has 0 unspecified atom stereocenters. The summed E-state index contributed by atoms with van der Waals surface area (Å²) >= 11 is 0. The first-order chi connectivity index (χ1) is 15.2. The maximum absolute atomic E-state index is 5.25. The largest absolute Gasteiger partial charge is 0.497 e. The number of nitrogens with zero attached hydrogens (tertiary/aromatic N) is 4. The monoisotopic (exact) mass is 414 g/mol. The lowest BCUT2D eigenvalue weighted by Crippen LogP contribution is -2.43. The highest BCUT2D eigenvalue weighted by Gasteiger charge is 2.30. The third kappa shape index (κ3) is 4.42. The lowest BCUT2D eigenvalue weighted by Gasteiger charge is -2.37. The fourth-order valence-electron chi connectivity index (χ4n) is 4.73. The van der Waals surface area contributed by atoms with Gasteiger partial charge in [0.15, 0.2) is 0 Å². The van der Waals surface area contributed by atoms with Crippen LogP contribution >= 0.6 is 0 Å². The van der Waals surface area contributed by atoms with Crippen LogP contribution in [0.1, 0.15) is 41.1 Å². The van der Waals surface area contributed by atoms with Crippen LogP contribution in [0.5, 0.6) is 5.75 Å². The summed E-state index contributed by atoms with van der Waals surface area (Å²) in [7, 11) is 1.69. The fourth-order valence-corrected chi connectivity index (χ4v) is 4.73. The lowest BCUT2D eigenvalue weighted by molar-refractivity contribution is 0.169. The summed E-state index contributed by atoms with van der Waals surface area (Å²) in [6.45, 7) is 6.31. The standard InChI is InChI=1S/C26H30N4O/c1-19-3-7-22(8-4-19)29-13-11-23(12-14-29)30-17-21-16-27-26(28-25(21)18-30)15-20-5-9-24(31-2)10-6-20/h3-10,16,23H,11-15,17-18H2,1-2H3. The number of hydrogen-bond acceptors (Lipinski definition) is 5. The normalized spacial score (nSPS) is 17.0. The predicted octanol–water partition coefficient (Wildman–Crippen LogP) is 4.37. The van der Waals surface area contributed by atoms with E-state index in [1.807, 2.05) is 18.3 Å². The molecule has 0 saturated carbocycles. The number of piperidine rings is 1. The van der Waals surface area contributed by atoms with Crippen molar-refractivity contribution < 1.29 is 4.74 Å². The van der Waals surface area contributed by atoms with Crippen molar-refractivity contribution in [2.75, 3.05) is 25.1 Å². The average molecular weight is 415 g/mol. The van der Waals surface area contributed by atoms with Gasteiger partial charge in [-0.15, -0.1) is 0 Å². The van der Waals surface area contributed by atoms with Gasteiger partial charge in [0.2, 0.25) is 0 Å². The molecule has 0 radical (unpaired) electrons. The molecule has 5 rings (SSSR count). The van der Waals surface area contributed by atoms with E-state index < -0.39 is 0 Å². The van der Waals surface area contributed by atoms with Gasteiger partial charge < -0.3 is 9.64 Å². The highest BCUT2D eigenvalue weighted by molar-refractivity contribution is 5.47. The second-order valence-electron chi connectivity index (χ2n) is 8.74. The fraction of sp³-hybridized carbons (Fsp3) is 0.385. The van der Waals surface area contributed by atoms with Crippen molar-refractivity contribution >= 4 is 5.69 Å². The van der Waals surface area contributed by atoms with Gasteiger partial charge in [0.25, 0.3) is 0 Å². The summed E-state index contributed by atoms with van der Waals surface area (Å²) in [6.07, 6.45) is 5.21. The Balaban J connectivity index is 1.19. The molecule has 0 bridgehead atoms. The molecule has 31 heavy (non-hydrogen) atoms. The quantitative estimate of drug-likeness (QED) is 0.620. The number of aryl methyl sites for hydroxylation is 1. The molecule has 2 aliphatic rings. The molecule has 1 fully saturated rings. The molecule has 0 aliphatic carbocycles. The maximum Gasteiger partial charge on any atom is 0.132 e. The van der Waals surface area contributed by atoms with Gasteiger partial charge in [-0.2, -0.15) is 0 Å². The third-order valence-electron chi connectivity index (χ3n) is 6.63. The lowest BCUT2D eigenvalue weighted by atomic mass is 10.0. The Morgan fingerprint density at radius 1 is 0.968 bits per heavy atom. The van der Waals surface area contributed by atoms with Crippen molar-refractivity contribution in [3.63, 3.8) is 0 Å². The van der Waals surface area contributed by atoms with Gasteiger partial charge in [-0.25, -0.2) is 9.97 Å². The number of anilines is 1. The summed E-state index contributed by atoms with van der Waals surface area (Å²) in [5.41, 5.74) is 6.38. The number of aromatic nitrogens is 2. The minimum atomic E-state index is 0.626. The molecule has 5 nitrogen and oxygen atoms in total. The molecule has 2 aromatic carbocycles. The van der Waals surface area contributed by atoms with Gasteiger partial charge in [0, 0.05) is 56.1 Å². The number of rotatable bonds is 5. The minimum absolute atomic E-state index is 0.626. The number of methoxy groups -OCH3 is 1. The van der Waals surface area contributed by atoms with Gasteiger partial charge in [-0.1, -0.05) is 29.8 Å². The smallest absolute Gasteiger partial charge is 0.132 e. The second-order valence-corrected chi connectivity index (χ2v) is 8.74. The van der Waals surface area contributed by atoms with E-state index in [0.29, 0.717) is 6.04 Å². The highest BCUT2D eigenvalue weighted by Crippen LogP contribution is 2.29. The Kier molecular flexibility index (Phi) is 5.60. The zero-order chi connectivity index (χ0) is 21.2. The Morgan fingerprint density at radius 2 is 1.71 bits per heavy atom. The zero-order valence-corrected chi connectivity index (χ0v) is 18.4. The van der Waals surface area contributed by atoms with Crippen LogP contribution in [0.3, 0.4) is 0 Å². The molecule has 160 valence electrons. The van der Waals surface area contributed by atoms with E-state index in [9.17, 15) is 0 Å². The van der Waals surface area contributed by atoms with Crippen molar-refractivity contribution in [1.82, 2.24) is 14.9 Å². The van der Waals surface area contributed by atoms with Crippen LogP contribution in [0, 0.1) is 6.92 Å². The third-order valence-corrected chi connectivity index (χ3v) is 6.63. The Morgan fingerprint density at radius 3 is 2.42 bits per heavy atom. The van der Waals surface area contributed by atoms with Crippen LogP contribution in [0.4, 0.5) is 5.69 Å². The number of benzene rings is 2. The molecule has 3 aromatic rings. The van der Waals surface area contributed by atoms with Crippen LogP contribution in [0.15, 0.2) is 54.7 Å². The second kappa shape index (κ2) is 8.67. The maximum atomic E-state index is 5.25. The molecule has 0 N–H and O–H groups in total. The SMILES string of the molecule is COc1ccc(Cc2ncc3c(n2)CN(C2CCN(c4ccc(C)cc4)CC2)C3)cc1. The summed E-state index contributed by atoms with van der Waals surface area (Å²) in [5, 5.41) is 0. The van der Waals surface area contributed by atoms with Crippen molar-refractivity contribution in [3.8, 4) is 5.75 Å². The summed E-state index contributed by atoms with van der Waals surface area (Å²) in [6, 6.07) is 17.7. The minimum Gasteiger partial charge on any atom is -0.497 e. The zero-order valence-electron chi connectivity index (χ0n) is 18.4. The van der Waals surface area contributed by atoms with Gasteiger partial charge in [0.1, 0.15) is 11.6 Å². The van der Waals surface area contributed by atoms with E-state index in [4.69, 9.17) is 9.72 Å². The van der Waals surface area contributed by atoms with Gasteiger partial charge in [-0.3, -0.25) is 4.90 Å². The van der Waals surface area contributed by atoms with E-state index in [2.05, 4.69) is 58.1 Å².